The van der Waals surface area contributed by atoms with Crippen molar-refractivity contribution in [2.24, 2.45) is 0 Å². The van der Waals surface area contributed by atoms with Crippen LogP contribution in [0.4, 0.5) is 0 Å². The lowest BCUT2D eigenvalue weighted by molar-refractivity contribution is 0.575. The zero-order valence-electron chi connectivity index (χ0n) is 11.5. The first-order valence-electron chi connectivity index (χ1n) is 6.41. The number of nitrogens with one attached hydrogen (secondary N) is 1. The van der Waals surface area contributed by atoms with Crippen molar-refractivity contribution in [2.75, 3.05) is 6.26 Å². The Morgan fingerprint density at radius 1 is 1.10 bits per heavy atom. The van der Waals surface area contributed by atoms with Gasteiger partial charge in [0, 0.05) is 27.5 Å². The van der Waals surface area contributed by atoms with E-state index in [-0.39, 0.29) is 6.04 Å². The van der Waals surface area contributed by atoms with E-state index in [4.69, 9.17) is 23.2 Å². The van der Waals surface area contributed by atoms with Gasteiger partial charge in [-0.1, -0.05) is 41.4 Å². The van der Waals surface area contributed by atoms with E-state index in [0.29, 0.717) is 10.0 Å². The smallest absolute Gasteiger partial charge is 0.0468 e. The predicted molar refractivity (Wildman–Crippen MR) is 89.9 cm³/mol. The third-order valence-electron chi connectivity index (χ3n) is 3.20. The average molecular weight is 326 g/mol. The highest BCUT2D eigenvalue weighted by atomic mass is 35.5. The summed E-state index contributed by atoms with van der Waals surface area (Å²) < 4.78 is 0. The number of halogens is 2. The highest BCUT2D eigenvalue weighted by Crippen LogP contribution is 2.26. The van der Waals surface area contributed by atoms with Gasteiger partial charge in [-0.3, -0.25) is 0 Å². The lowest BCUT2D eigenvalue weighted by Gasteiger charge is -2.16. The molecule has 1 atom stereocenters. The molecule has 4 heteroatoms. The minimum atomic E-state index is 0.181. The maximum absolute atomic E-state index is 6.22. The summed E-state index contributed by atoms with van der Waals surface area (Å²) in [5.74, 6) is 0. The second-order valence-electron chi connectivity index (χ2n) is 4.62. The molecule has 0 bridgehead atoms. The van der Waals surface area contributed by atoms with Crippen LogP contribution in [0, 0.1) is 0 Å². The van der Waals surface area contributed by atoms with Gasteiger partial charge in [0.1, 0.15) is 0 Å². The van der Waals surface area contributed by atoms with Crippen molar-refractivity contribution < 1.29 is 0 Å². The van der Waals surface area contributed by atoms with Crippen LogP contribution in [0.2, 0.25) is 10.0 Å². The molecular formula is C16H17Cl2NS. The first kappa shape index (κ1) is 15.7. The molecule has 0 aromatic heterocycles. The first-order valence-corrected chi connectivity index (χ1v) is 8.39. The molecule has 0 aliphatic heterocycles. The summed E-state index contributed by atoms with van der Waals surface area (Å²) in [6, 6.07) is 14.4. The van der Waals surface area contributed by atoms with Crippen LogP contribution in [0.25, 0.3) is 0 Å². The van der Waals surface area contributed by atoms with E-state index < -0.39 is 0 Å². The summed E-state index contributed by atoms with van der Waals surface area (Å²) in [4.78, 5) is 1.28. The number of benzene rings is 2. The molecule has 1 N–H and O–H groups in total. The normalized spacial score (nSPS) is 12.4. The van der Waals surface area contributed by atoms with E-state index in [1.807, 2.05) is 12.1 Å². The summed E-state index contributed by atoms with van der Waals surface area (Å²) in [6.07, 6.45) is 2.08. The molecule has 0 fully saturated rings. The van der Waals surface area contributed by atoms with Gasteiger partial charge in [0.25, 0.3) is 0 Å². The van der Waals surface area contributed by atoms with Crippen molar-refractivity contribution in [3.8, 4) is 0 Å². The van der Waals surface area contributed by atoms with E-state index >= 15 is 0 Å². The van der Waals surface area contributed by atoms with Crippen LogP contribution in [0.15, 0.2) is 47.4 Å². The van der Waals surface area contributed by atoms with Gasteiger partial charge in [0.05, 0.1) is 0 Å². The lowest BCUT2D eigenvalue weighted by Crippen LogP contribution is -2.18. The van der Waals surface area contributed by atoms with Gasteiger partial charge in [0.15, 0.2) is 0 Å². The zero-order valence-corrected chi connectivity index (χ0v) is 13.8. The quantitative estimate of drug-likeness (QED) is 0.721. The molecule has 2 aromatic carbocycles. The third-order valence-corrected chi connectivity index (χ3v) is 4.51. The van der Waals surface area contributed by atoms with E-state index in [0.717, 1.165) is 12.1 Å². The van der Waals surface area contributed by atoms with Gasteiger partial charge in [-0.15, -0.1) is 11.8 Å². The topological polar surface area (TPSA) is 12.0 Å². The SMILES string of the molecule is CSc1ccc(CNC(C)c2ccc(Cl)cc2Cl)cc1. The minimum absolute atomic E-state index is 0.181. The van der Waals surface area contributed by atoms with Crippen LogP contribution in [0.3, 0.4) is 0 Å². The standard InChI is InChI=1S/C16H17Cl2NS/c1-11(15-8-5-13(17)9-16(15)18)19-10-12-3-6-14(20-2)7-4-12/h3-9,11,19H,10H2,1-2H3. The van der Waals surface area contributed by atoms with Crippen LogP contribution < -0.4 is 5.32 Å². The lowest BCUT2D eigenvalue weighted by atomic mass is 10.1. The van der Waals surface area contributed by atoms with Crippen LogP contribution in [-0.2, 0) is 6.54 Å². The molecule has 0 spiro atoms. The second-order valence-corrected chi connectivity index (χ2v) is 6.34. The molecule has 2 rings (SSSR count). The fourth-order valence-electron chi connectivity index (χ4n) is 1.98. The predicted octanol–water partition coefficient (Wildman–Crippen LogP) is 5.57. The Bertz CT molecular complexity index is 569. The number of rotatable bonds is 5. The molecule has 0 amide bonds. The summed E-state index contributed by atoms with van der Waals surface area (Å²) in [6.45, 7) is 2.92. The first-order chi connectivity index (χ1) is 9.60. The molecule has 2 aromatic rings. The highest BCUT2D eigenvalue weighted by molar-refractivity contribution is 7.98. The Labute approximate surface area is 134 Å². The summed E-state index contributed by atoms with van der Waals surface area (Å²) >= 11 is 13.9. The van der Waals surface area contributed by atoms with Crippen molar-refractivity contribution in [1.82, 2.24) is 5.32 Å². The Hall–Kier alpha value is -0.670. The van der Waals surface area contributed by atoms with Crippen molar-refractivity contribution in [2.45, 2.75) is 24.4 Å². The Balaban J connectivity index is 1.98. The maximum atomic E-state index is 6.22. The highest BCUT2D eigenvalue weighted by Gasteiger charge is 2.09. The maximum Gasteiger partial charge on any atom is 0.0468 e. The molecule has 0 aliphatic carbocycles. The molecule has 0 saturated carbocycles. The summed E-state index contributed by atoms with van der Waals surface area (Å²) in [5.41, 5.74) is 2.33. The van der Waals surface area contributed by atoms with Gasteiger partial charge in [0.2, 0.25) is 0 Å². The Kier molecular flexibility index (Phi) is 5.79. The number of hydrogen-bond acceptors (Lipinski definition) is 2. The fraction of sp³-hybridized carbons (Fsp3) is 0.250. The van der Waals surface area contributed by atoms with Crippen molar-refractivity contribution >= 4 is 35.0 Å². The van der Waals surface area contributed by atoms with E-state index in [9.17, 15) is 0 Å². The largest absolute Gasteiger partial charge is 0.306 e. The minimum Gasteiger partial charge on any atom is -0.306 e. The zero-order chi connectivity index (χ0) is 14.5. The van der Waals surface area contributed by atoms with E-state index in [1.54, 1.807) is 17.8 Å². The molecule has 0 saturated heterocycles. The molecule has 106 valence electrons. The van der Waals surface area contributed by atoms with Crippen molar-refractivity contribution in [3.63, 3.8) is 0 Å². The van der Waals surface area contributed by atoms with Gasteiger partial charge < -0.3 is 5.32 Å². The van der Waals surface area contributed by atoms with Crippen molar-refractivity contribution in [1.29, 1.82) is 0 Å². The van der Waals surface area contributed by atoms with Gasteiger partial charge in [-0.25, -0.2) is 0 Å². The van der Waals surface area contributed by atoms with E-state index in [2.05, 4.69) is 42.8 Å². The molecule has 0 aliphatic rings. The Morgan fingerprint density at radius 2 is 1.80 bits per heavy atom. The Morgan fingerprint density at radius 3 is 2.40 bits per heavy atom. The van der Waals surface area contributed by atoms with Crippen LogP contribution in [0.5, 0.6) is 0 Å². The van der Waals surface area contributed by atoms with Gasteiger partial charge >= 0.3 is 0 Å². The monoisotopic (exact) mass is 325 g/mol. The molecule has 0 radical (unpaired) electrons. The second kappa shape index (κ2) is 7.37. The third kappa shape index (κ3) is 4.16. The van der Waals surface area contributed by atoms with Gasteiger partial charge in [-0.2, -0.15) is 0 Å². The summed E-state index contributed by atoms with van der Waals surface area (Å²) in [7, 11) is 0. The molecule has 1 unspecified atom stereocenters. The van der Waals surface area contributed by atoms with Gasteiger partial charge in [-0.05, 0) is 48.6 Å². The number of hydrogen-bond donors (Lipinski definition) is 1. The number of thioether (sulfide) groups is 1. The van der Waals surface area contributed by atoms with Crippen molar-refractivity contribution in [3.05, 3.63) is 63.6 Å². The van der Waals surface area contributed by atoms with Crippen LogP contribution in [0.1, 0.15) is 24.1 Å². The fourth-order valence-corrected chi connectivity index (χ4v) is 2.96. The molecular weight excluding hydrogens is 309 g/mol. The summed E-state index contributed by atoms with van der Waals surface area (Å²) in [5, 5.41) is 4.85. The average Bonchev–Trinajstić information content (AvgIpc) is 2.45. The van der Waals surface area contributed by atoms with Crippen LogP contribution >= 0.6 is 35.0 Å². The molecule has 1 nitrogen and oxygen atoms in total. The molecule has 20 heavy (non-hydrogen) atoms. The van der Waals surface area contributed by atoms with Crippen LogP contribution in [-0.4, -0.2) is 6.26 Å². The van der Waals surface area contributed by atoms with E-state index in [1.165, 1.54) is 10.5 Å². The molecule has 0 heterocycles.